The minimum atomic E-state index is -0.257. The molecular weight excluding hydrogens is 214 g/mol. The molecule has 0 spiro atoms. The Morgan fingerprint density at radius 2 is 1.82 bits per heavy atom. The molecule has 0 aliphatic carbocycles. The Kier molecular flexibility index (Phi) is 2.98. The van der Waals surface area contributed by atoms with Crippen LogP contribution in [0.4, 0.5) is 0 Å². The Bertz CT molecular complexity index is 485. The van der Waals surface area contributed by atoms with Gasteiger partial charge in [0, 0.05) is 5.56 Å². The lowest BCUT2D eigenvalue weighted by atomic mass is 9.87. The average molecular weight is 231 g/mol. The normalized spacial score (nSPS) is 13.6. The highest BCUT2D eigenvalue weighted by atomic mass is 16.5. The van der Waals surface area contributed by atoms with Crippen LogP contribution in [0.1, 0.15) is 32.7 Å². The second kappa shape index (κ2) is 4.30. The topological polar surface area (TPSA) is 64.9 Å². The van der Waals surface area contributed by atoms with Crippen LogP contribution in [-0.2, 0) is 0 Å². The standard InChI is InChI=1S/C13H17N3O/c1-13(2,3)10(14)12-15-11(16-17-12)9-7-5-4-6-8-9/h4-8,10H,14H2,1-3H3. The van der Waals surface area contributed by atoms with Gasteiger partial charge in [0.2, 0.25) is 11.7 Å². The highest BCUT2D eigenvalue weighted by molar-refractivity contribution is 5.53. The van der Waals surface area contributed by atoms with Crippen LogP contribution in [0.2, 0.25) is 0 Å². The van der Waals surface area contributed by atoms with Gasteiger partial charge < -0.3 is 10.3 Å². The second-order valence-corrected chi connectivity index (χ2v) is 5.17. The van der Waals surface area contributed by atoms with Crippen LogP contribution < -0.4 is 5.73 Å². The zero-order chi connectivity index (χ0) is 12.5. The monoisotopic (exact) mass is 231 g/mol. The molecule has 4 heteroatoms. The van der Waals surface area contributed by atoms with Crippen LogP contribution in [0.3, 0.4) is 0 Å². The summed E-state index contributed by atoms with van der Waals surface area (Å²) in [5.74, 6) is 1.07. The van der Waals surface area contributed by atoms with Gasteiger partial charge in [-0.1, -0.05) is 56.3 Å². The van der Waals surface area contributed by atoms with Crippen LogP contribution in [0.15, 0.2) is 34.9 Å². The van der Waals surface area contributed by atoms with E-state index < -0.39 is 0 Å². The molecule has 1 unspecified atom stereocenters. The maximum Gasteiger partial charge on any atom is 0.244 e. The third kappa shape index (κ3) is 2.53. The van der Waals surface area contributed by atoms with Gasteiger partial charge >= 0.3 is 0 Å². The van der Waals surface area contributed by atoms with Gasteiger partial charge in [-0.05, 0) is 5.41 Å². The van der Waals surface area contributed by atoms with Gasteiger partial charge in [-0.25, -0.2) is 0 Å². The Labute approximate surface area is 101 Å². The molecule has 90 valence electrons. The fraction of sp³-hybridized carbons (Fsp3) is 0.385. The minimum absolute atomic E-state index is 0.0967. The van der Waals surface area contributed by atoms with E-state index in [1.54, 1.807) is 0 Å². The zero-order valence-corrected chi connectivity index (χ0v) is 10.3. The van der Waals surface area contributed by atoms with Gasteiger partial charge in [-0.15, -0.1) is 0 Å². The third-order valence-corrected chi connectivity index (χ3v) is 2.67. The summed E-state index contributed by atoms with van der Waals surface area (Å²) in [5, 5.41) is 3.95. The molecule has 0 amide bonds. The molecule has 2 rings (SSSR count). The van der Waals surface area contributed by atoms with E-state index >= 15 is 0 Å². The first-order chi connectivity index (χ1) is 7.98. The summed E-state index contributed by atoms with van der Waals surface area (Å²) >= 11 is 0. The number of rotatable bonds is 2. The van der Waals surface area contributed by atoms with E-state index in [0.717, 1.165) is 5.56 Å². The van der Waals surface area contributed by atoms with Crippen molar-refractivity contribution in [1.82, 2.24) is 10.1 Å². The lowest BCUT2D eigenvalue weighted by Crippen LogP contribution is -2.26. The number of nitrogens with two attached hydrogens (primary N) is 1. The Morgan fingerprint density at radius 1 is 1.18 bits per heavy atom. The summed E-state index contributed by atoms with van der Waals surface area (Å²) in [6.45, 7) is 6.14. The van der Waals surface area contributed by atoms with Crippen molar-refractivity contribution in [3.63, 3.8) is 0 Å². The first-order valence-corrected chi connectivity index (χ1v) is 5.63. The molecule has 0 aliphatic rings. The molecule has 0 bridgehead atoms. The lowest BCUT2D eigenvalue weighted by Gasteiger charge is -2.23. The fourth-order valence-corrected chi connectivity index (χ4v) is 1.44. The van der Waals surface area contributed by atoms with Crippen LogP contribution in [0, 0.1) is 5.41 Å². The number of nitrogens with zero attached hydrogens (tertiary/aromatic N) is 2. The van der Waals surface area contributed by atoms with Crippen molar-refractivity contribution < 1.29 is 4.52 Å². The Hall–Kier alpha value is -1.68. The first kappa shape index (κ1) is 11.8. The van der Waals surface area contributed by atoms with Crippen molar-refractivity contribution >= 4 is 0 Å². The molecule has 1 aromatic carbocycles. The largest absolute Gasteiger partial charge is 0.337 e. The molecule has 0 fully saturated rings. The molecule has 0 saturated heterocycles. The smallest absolute Gasteiger partial charge is 0.244 e. The molecular formula is C13H17N3O. The maximum atomic E-state index is 6.07. The maximum absolute atomic E-state index is 6.07. The third-order valence-electron chi connectivity index (χ3n) is 2.67. The van der Waals surface area contributed by atoms with E-state index in [1.165, 1.54) is 0 Å². The summed E-state index contributed by atoms with van der Waals surface area (Å²) in [6, 6.07) is 9.46. The minimum Gasteiger partial charge on any atom is -0.337 e. The van der Waals surface area contributed by atoms with Crippen molar-refractivity contribution in [2.24, 2.45) is 11.1 Å². The quantitative estimate of drug-likeness (QED) is 0.863. The van der Waals surface area contributed by atoms with E-state index in [1.807, 2.05) is 51.1 Å². The van der Waals surface area contributed by atoms with Crippen molar-refractivity contribution in [2.75, 3.05) is 0 Å². The average Bonchev–Trinajstić information content (AvgIpc) is 2.77. The second-order valence-electron chi connectivity index (χ2n) is 5.17. The van der Waals surface area contributed by atoms with Gasteiger partial charge in [-0.3, -0.25) is 0 Å². The molecule has 2 N–H and O–H groups in total. The predicted octanol–water partition coefficient (Wildman–Crippen LogP) is 2.78. The number of aromatic nitrogens is 2. The molecule has 1 aromatic heterocycles. The summed E-state index contributed by atoms with van der Waals surface area (Å²) in [4.78, 5) is 4.34. The highest BCUT2D eigenvalue weighted by Crippen LogP contribution is 2.30. The van der Waals surface area contributed by atoms with Crippen molar-refractivity contribution in [1.29, 1.82) is 0 Å². The van der Waals surface area contributed by atoms with E-state index in [4.69, 9.17) is 10.3 Å². The number of hydrogen-bond acceptors (Lipinski definition) is 4. The molecule has 4 nitrogen and oxygen atoms in total. The molecule has 2 aromatic rings. The van der Waals surface area contributed by atoms with Gasteiger partial charge in [-0.2, -0.15) is 4.98 Å². The molecule has 0 radical (unpaired) electrons. The Balaban J connectivity index is 2.28. The van der Waals surface area contributed by atoms with Crippen LogP contribution in [0.25, 0.3) is 11.4 Å². The van der Waals surface area contributed by atoms with Gasteiger partial charge in [0.1, 0.15) is 0 Å². The summed E-state index contributed by atoms with van der Waals surface area (Å²) in [6.07, 6.45) is 0. The van der Waals surface area contributed by atoms with Crippen molar-refractivity contribution in [3.8, 4) is 11.4 Å². The molecule has 0 saturated carbocycles. The van der Waals surface area contributed by atoms with Crippen LogP contribution in [-0.4, -0.2) is 10.1 Å². The van der Waals surface area contributed by atoms with Gasteiger partial charge in [0.05, 0.1) is 6.04 Å². The van der Waals surface area contributed by atoms with Gasteiger partial charge in [0.15, 0.2) is 0 Å². The van der Waals surface area contributed by atoms with E-state index in [0.29, 0.717) is 11.7 Å². The van der Waals surface area contributed by atoms with Crippen LogP contribution in [0.5, 0.6) is 0 Å². The van der Waals surface area contributed by atoms with Crippen molar-refractivity contribution in [3.05, 3.63) is 36.2 Å². The molecule has 1 heterocycles. The summed E-state index contributed by atoms with van der Waals surface area (Å²) < 4.78 is 5.22. The zero-order valence-electron chi connectivity index (χ0n) is 10.3. The predicted molar refractivity (Wildman–Crippen MR) is 66.1 cm³/mol. The fourth-order valence-electron chi connectivity index (χ4n) is 1.44. The van der Waals surface area contributed by atoms with E-state index in [-0.39, 0.29) is 11.5 Å². The molecule has 1 atom stereocenters. The number of hydrogen-bond donors (Lipinski definition) is 1. The molecule has 17 heavy (non-hydrogen) atoms. The summed E-state index contributed by atoms with van der Waals surface area (Å²) in [5.41, 5.74) is 6.90. The number of benzene rings is 1. The summed E-state index contributed by atoms with van der Waals surface area (Å²) in [7, 11) is 0. The van der Waals surface area contributed by atoms with Crippen molar-refractivity contribution in [2.45, 2.75) is 26.8 Å². The van der Waals surface area contributed by atoms with Crippen LogP contribution >= 0.6 is 0 Å². The first-order valence-electron chi connectivity index (χ1n) is 5.63. The van der Waals surface area contributed by atoms with E-state index in [9.17, 15) is 0 Å². The lowest BCUT2D eigenvalue weighted by molar-refractivity contribution is 0.253. The Morgan fingerprint density at radius 3 is 2.41 bits per heavy atom. The van der Waals surface area contributed by atoms with Gasteiger partial charge in [0.25, 0.3) is 0 Å². The molecule has 0 aliphatic heterocycles. The highest BCUT2D eigenvalue weighted by Gasteiger charge is 2.27. The van der Waals surface area contributed by atoms with E-state index in [2.05, 4.69) is 10.1 Å². The SMILES string of the molecule is CC(C)(C)C(N)c1nc(-c2ccccc2)no1.